The largest absolute Gasteiger partial charge is 0.454 e. The van der Waals surface area contributed by atoms with Crippen LogP contribution in [0, 0.1) is 5.41 Å². The Morgan fingerprint density at radius 2 is 2.00 bits per heavy atom. The Morgan fingerprint density at radius 1 is 1.15 bits per heavy atom. The average Bonchev–Trinajstić information content (AvgIpc) is 3.32. The number of ether oxygens (including phenoxy) is 2. The van der Waals surface area contributed by atoms with Crippen molar-refractivity contribution in [2.45, 2.75) is 32.7 Å². The molecule has 0 bridgehead atoms. The van der Waals surface area contributed by atoms with Gasteiger partial charge in [0.2, 0.25) is 6.79 Å². The summed E-state index contributed by atoms with van der Waals surface area (Å²) >= 11 is 0. The van der Waals surface area contributed by atoms with Crippen molar-refractivity contribution in [3.05, 3.63) is 75.6 Å². The van der Waals surface area contributed by atoms with Crippen LogP contribution in [0.1, 0.15) is 42.1 Å². The minimum absolute atomic E-state index is 0.00894. The average molecular weight is 460 g/mol. The van der Waals surface area contributed by atoms with Gasteiger partial charge in [0.05, 0.1) is 17.5 Å². The van der Waals surface area contributed by atoms with Gasteiger partial charge >= 0.3 is 0 Å². The molecule has 4 heterocycles. The maximum absolute atomic E-state index is 13.3. The molecule has 1 aliphatic heterocycles. The Balaban J connectivity index is 1.66. The predicted molar refractivity (Wildman–Crippen MR) is 126 cm³/mol. The fraction of sp³-hybridized carbons (Fsp3) is 0.280. The predicted octanol–water partition coefficient (Wildman–Crippen LogP) is 2.83. The van der Waals surface area contributed by atoms with Crippen molar-refractivity contribution in [1.29, 1.82) is 5.41 Å². The van der Waals surface area contributed by atoms with Crippen LogP contribution in [0.2, 0.25) is 0 Å². The number of amides is 1. The molecule has 0 fully saturated rings. The normalized spacial score (nSPS) is 12.4. The number of carbonyl (C=O) groups is 1. The molecule has 4 aromatic rings. The first kappa shape index (κ1) is 21.7. The summed E-state index contributed by atoms with van der Waals surface area (Å²) in [5.74, 6) is 0.907. The van der Waals surface area contributed by atoms with Crippen molar-refractivity contribution < 1.29 is 14.3 Å². The smallest absolute Gasteiger partial charge is 0.267 e. The van der Waals surface area contributed by atoms with Crippen molar-refractivity contribution >= 4 is 22.6 Å². The van der Waals surface area contributed by atoms with E-state index in [0.29, 0.717) is 29.3 Å². The summed E-state index contributed by atoms with van der Waals surface area (Å²) in [6.07, 6.45) is 4.55. The van der Waals surface area contributed by atoms with Gasteiger partial charge < -0.3 is 19.4 Å². The molecular weight excluding hydrogens is 434 g/mol. The fourth-order valence-electron chi connectivity index (χ4n) is 4.11. The standard InChI is InChI=1S/C25H25N5O4/c1-2-3-5-10-27-24(31)17-13-18-23(28-21-7-4-6-11-29(21)25(18)32)30(22(17)26)14-16-8-9-19-20(12-16)34-15-33-19/h4,6-9,11-13,26H,2-3,5,10,14-15H2,1H3,(H,27,31). The number of unbranched alkanes of at least 4 members (excludes halogenated alkanes) is 2. The Morgan fingerprint density at radius 3 is 2.85 bits per heavy atom. The van der Waals surface area contributed by atoms with E-state index in [0.717, 1.165) is 24.8 Å². The van der Waals surface area contributed by atoms with Crippen molar-refractivity contribution in [1.82, 2.24) is 19.3 Å². The highest BCUT2D eigenvalue weighted by molar-refractivity contribution is 5.96. The lowest BCUT2D eigenvalue weighted by Gasteiger charge is -2.15. The van der Waals surface area contributed by atoms with Gasteiger partial charge in [-0.1, -0.05) is 31.9 Å². The van der Waals surface area contributed by atoms with Crippen molar-refractivity contribution in [3.63, 3.8) is 0 Å². The van der Waals surface area contributed by atoms with E-state index in [4.69, 9.17) is 14.9 Å². The molecule has 0 aliphatic carbocycles. The monoisotopic (exact) mass is 459 g/mol. The minimum Gasteiger partial charge on any atom is -0.454 e. The number of carbonyl (C=O) groups excluding carboxylic acids is 1. The fourth-order valence-corrected chi connectivity index (χ4v) is 4.11. The van der Waals surface area contributed by atoms with E-state index in [1.165, 1.54) is 10.5 Å². The maximum Gasteiger partial charge on any atom is 0.267 e. The van der Waals surface area contributed by atoms with Gasteiger partial charge in [0.1, 0.15) is 16.8 Å². The molecule has 5 rings (SSSR count). The lowest BCUT2D eigenvalue weighted by Crippen LogP contribution is -2.35. The van der Waals surface area contributed by atoms with E-state index in [1.807, 2.05) is 18.2 Å². The molecule has 0 atom stereocenters. The first-order chi connectivity index (χ1) is 16.6. The van der Waals surface area contributed by atoms with E-state index < -0.39 is 0 Å². The number of pyridine rings is 2. The van der Waals surface area contributed by atoms with Crippen molar-refractivity contribution in [3.8, 4) is 11.5 Å². The molecule has 1 amide bonds. The van der Waals surface area contributed by atoms with E-state index >= 15 is 0 Å². The van der Waals surface area contributed by atoms with Crippen LogP contribution in [0.15, 0.2) is 53.5 Å². The second kappa shape index (κ2) is 9.01. The minimum atomic E-state index is -0.375. The zero-order valence-electron chi connectivity index (χ0n) is 18.8. The van der Waals surface area contributed by atoms with Crippen LogP contribution in [0.5, 0.6) is 11.5 Å². The van der Waals surface area contributed by atoms with E-state index in [9.17, 15) is 9.59 Å². The van der Waals surface area contributed by atoms with Crippen LogP contribution in [0.4, 0.5) is 0 Å². The SMILES string of the molecule is CCCCCNC(=O)c1cc2c(=O)n3ccccc3nc2n(Cc2ccc3c(c2)OCO3)c1=N. The van der Waals surface area contributed by atoms with Gasteiger partial charge in [-0.3, -0.25) is 19.4 Å². The highest BCUT2D eigenvalue weighted by atomic mass is 16.7. The second-order valence-electron chi connectivity index (χ2n) is 8.23. The van der Waals surface area contributed by atoms with Gasteiger partial charge in [-0.2, -0.15) is 0 Å². The van der Waals surface area contributed by atoms with Crippen LogP contribution in [0.3, 0.4) is 0 Å². The zero-order chi connectivity index (χ0) is 23.7. The molecule has 0 spiro atoms. The molecule has 0 unspecified atom stereocenters. The van der Waals surface area contributed by atoms with E-state index in [2.05, 4.69) is 17.2 Å². The van der Waals surface area contributed by atoms with E-state index in [1.54, 1.807) is 29.0 Å². The summed E-state index contributed by atoms with van der Waals surface area (Å²) in [5, 5.41) is 12.0. The first-order valence-electron chi connectivity index (χ1n) is 11.3. The van der Waals surface area contributed by atoms with Crippen LogP contribution >= 0.6 is 0 Å². The summed E-state index contributed by atoms with van der Waals surface area (Å²) < 4.78 is 13.9. The van der Waals surface area contributed by atoms with Gasteiger partial charge in [-0.05, 0) is 42.3 Å². The molecule has 0 saturated carbocycles. The van der Waals surface area contributed by atoms with Crippen molar-refractivity contribution in [2.24, 2.45) is 0 Å². The summed E-state index contributed by atoms with van der Waals surface area (Å²) in [7, 11) is 0. The summed E-state index contributed by atoms with van der Waals surface area (Å²) in [6, 6.07) is 12.3. The van der Waals surface area contributed by atoms with Crippen LogP contribution in [-0.4, -0.2) is 33.2 Å². The topological polar surface area (TPSA) is 111 Å². The Kier molecular flexibility index (Phi) is 5.75. The number of aromatic nitrogens is 3. The van der Waals surface area contributed by atoms with Gasteiger partial charge in [0.25, 0.3) is 11.5 Å². The second-order valence-corrected chi connectivity index (χ2v) is 8.23. The van der Waals surface area contributed by atoms with Gasteiger partial charge in [0.15, 0.2) is 11.5 Å². The Bertz CT molecular complexity index is 1520. The number of benzene rings is 1. The summed E-state index contributed by atoms with van der Waals surface area (Å²) in [4.78, 5) is 31.0. The van der Waals surface area contributed by atoms with Crippen LogP contribution in [0.25, 0.3) is 16.7 Å². The van der Waals surface area contributed by atoms with Gasteiger partial charge in [0, 0.05) is 12.7 Å². The van der Waals surface area contributed by atoms with E-state index in [-0.39, 0.29) is 41.2 Å². The lowest BCUT2D eigenvalue weighted by molar-refractivity contribution is 0.0950. The maximum atomic E-state index is 13.3. The first-order valence-corrected chi connectivity index (χ1v) is 11.3. The molecule has 2 N–H and O–H groups in total. The van der Waals surface area contributed by atoms with Crippen LogP contribution < -0.4 is 25.8 Å². The highest BCUT2D eigenvalue weighted by Crippen LogP contribution is 2.32. The molecule has 0 saturated heterocycles. The molecular formula is C25H25N5O4. The number of nitrogens with one attached hydrogen (secondary N) is 2. The number of rotatable bonds is 7. The summed E-state index contributed by atoms with van der Waals surface area (Å²) in [6.45, 7) is 3.01. The number of nitrogens with zero attached hydrogens (tertiary/aromatic N) is 3. The number of hydrogen-bond donors (Lipinski definition) is 2. The molecule has 1 aromatic carbocycles. The molecule has 9 heteroatoms. The highest BCUT2D eigenvalue weighted by Gasteiger charge is 2.19. The molecule has 34 heavy (non-hydrogen) atoms. The third-order valence-corrected chi connectivity index (χ3v) is 5.91. The quantitative estimate of drug-likeness (QED) is 0.326. The van der Waals surface area contributed by atoms with Crippen LogP contribution in [-0.2, 0) is 6.54 Å². The van der Waals surface area contributed by atoms with Crippen molar-refractivity contribution in [2.75, 3.05) is 13.3 Å². The zero-order valence-corrected chi connectivity index (χ0v) is 18.8. The Labute approximate surface area is 195 Å². The molecule has 1 aliphatic rings. The summed E-state index contributed by atoms with van der Waals surface area (Å²) in [5.41, 5.74) is 1.49. The molecule has 9 nitrogen and oxygen atoms in total. The lowest BCUT2D eigenvalue weighted by atomic mass is 10.1. The Hall–Kier alpha value is -4.14. The third-order valence-electron chi connectivity index (χ3n) is 5.91. The third kappa shape index (κ3) is 3.89. The van der Waals surface area contributed by atoms with Gasteiger partial charge in [-0.15, -0.1) is 0 Å². The number of hydrogen-bond acceptors (Lipinski definition) is 6. The molecule has 3 aromatic heterocycles. The molecule has 174 valence electrons. The molecule has 0 radical (unpaired) electrons. The number of fused-ring (bicyclic) bond motifs is 3. The van der Waals surface area contributed by atoms with Gasteiger partial charge in [-0.25, -0.2) is 4.98 Å².